The molecule has 3 heteroatoms. The molecule has 0 saturated heterocycles. The van der Waals surface area contributed by atoms with E-state index in [1.165, 1.54) is 56.7 Å². The molecule has 0 N–H and O–H groups in total. The molecule has 1 rings (SSSR count). The molecule has 0 heterocycles. The Balaban J connectivity index is 2.41. The third-order valence-electron chi connectivity index (χ3n) is 3.77. The first-order chi connectivity index (χ1) is 10.2. The van der Waals surface area contributed by atoms with Crippen LogP contribution in [0.1, 0.15) is 65.2 Å². The molecule has 1 aromatic carbocycles. The molecule has 0 aliphatic carbocycles. The lowest BCUT2D eigenvalue weighted by Crippen LogP contribution is -2.12. The second-order valence-electron chi connectivity index (χ2n) is 5.70. The Morgan fingerprint density at radius 3 is 2.14 bits per heavy atom. The smallest absolute Gasteiger partial charge is 0.131 e. The highest BCUT2D eigenvalue weighted by molar-refractivity contribution is 7.65. The number of unbranched alkanes of at least 4 members (excludes halogenated alkanes) is 6. The number of hydrogen-bond acceptors (Lipinski definition) is 0. The summed E-state index contributed by atoms with van der Waals surface area (Å²) in [5.41, 5.74) is 0. The fraction of sp³-hybridized carbons (Fsp3) is 0.667. The maximum absolute atomic E-state index is 13.9. The average Bonchev–Trinajstić information content (AvgIpc) is 2.48. The van der Waals surface area contributed by atoms with Gasteiger partial charge in [-0.3, -0.25) is 0 Å². The average molecular weight is 314 g/mol. The van der Waals surface area contributed by atoms with Gasteiger partial charge in [0, 0.05) is 5.30 Å². The molecule has 1 atom stereocenters. The lowest BCUT2D eigenvalue weighted by molar-refractivity contribution is 0.602. The van der Waals surface area contributed by atoms with Crippen molar-refractivity contribution >= 4 is 13.2 Å². The zero-order chi connectivity index (χ0) is 15.5. The first kappa shape index (κ1) is 18.6. The zero-order valence-corrected chi connectivity index (χ0v) is 14.4. The summed E-state index contributed by atoms with van der Waals surface area (Å²) in [4.78, 5) is 0. The third-order valence-corrected chi connectivity index (χ3v) is 6.64. The largest absolute Gasteiger partial charge is 0.207 e. The van der Waals surface area contributed by atoms with Crippen LogP contribution >= 0.6 is 7.92 Å². The Morgan fingerprint density at radius 1 is 0.810 bits per heavy atom. The van der Waals surface area contributed by atoms with Crippen LogP contribution in [0.5, 0.6) is 0 Å². The second kappa shape index (κ2) is 11.1. The summed E-state index contributed by atoms with van der Waals surface area (Å²) < 4.78 is 27.3. The maximum Gasteiger partial charge on any atom is 0.131 e. The minimum absolute atomic E-state index is 0.223. The highest BCUT2D eigenvalue weighted by atomic mass is 31.1. The van der Waals surface area contributed by atoms with Gasteiger partial charge in [0.05, 0.1) is 0 Å². The van der Waals surface area contributed by atoms with Gasteiger partial charge in [-0.25, -0.2) is 8.78 Å². The van der Waals surface area contributed by atoms with Crippen LogP contribution in [0.4, 0.5) is 8.78 Å². The van der Waals surface area contributed by atoms with Crippen LogP contribution in [-0.4, -0.2) is 12.3 Å². The van der Waals surface area contributed by atoms with Crippen molar-refractivity contribution in [2.24, 2.45) is 0 Å². The molecule has 0 saturated carbocycles. The van der Waals surface area contributed by atoms with Gasteiger partial charge in [-0.05, 0) is 36.9 Å². The van der Waals surface area contributed by atoms with Crippen LogP contribution in [0.2, 0.25) is 0 Å². The van der Waals surface area contributed by atoms with E-state index in [1.54, 1.807) is 0 Å². The molecule has 0 spiro atoms. The van der Waals surface area contributed by atoms with Crippen LogP contribution in [0.25, 0.3) is 0 Å². The van der Waals surface area contributed by atoms with Crippen LogP contribution < -0.4 is 5.30 Å². The Bertz CT molecular complexity index is 393. The minimum atomic E-state index is -0.535. The number of halogens is 2. The molecular formula is C18H29F2P. The fourth-order valence-electron chi connectivity index (χ4n) is 2.61. The summed E-state index contributed by atoms with van der Waals surface area (Å²) in [6.07, 6.45) is 12.0. The molecule has 0 aliphatic rings. The summed E-state index contributed by atoms with van der Waals surface area (Å²) in [6.45, 7) is 4.35. The lowest BCUT2D eigenvalue weighted by atomic mass is 10.1. The Morgan fingerprint density at radius 2 is 1.48 bits per heavy atom. The summed E-state index contributed by atoms with van der Waals surface area (Å²) in [7, 11) is -0.535. The van der Waals surface area contributed by atoms with Gasteiger partial charge in [-0.1, -0.05) is 66.7 Å². The van der Waals surface area contributed by atoms with Crippen molar-refractivity contribution < 1.29 is 8.78 Å². The molecule has 0 bridgehead atoms. The van der Waals surface area contributed by atoms with Gasteiger partial charge in [-0.2, -0.15) is 0 Å². The molecular weight excluding hydrogens is 285 g/mol. The molecule has 0 fully saturated rings. The first-order valence-corrected chi connectivity index (χ1v) is 10.1. The van der Waals surface area contributed by atoms with Crippen molar-refractivity contribution in [2.75, 3.05) is 12.3 Å². The van der Waals surface area contributed by atoms with E-state index in [4.69, 9.17) is 0 Å². The normalized spacial score (nSPS) is 12.6. The van der Waals surface area contributed by atoms with E-state index in [-0.39, 0.29) is 11.6 Å². The standard InChI is InChI=1S/C18H29F2P/c1-3-5-6-7-8-9-10-14-21(13-4-2)18-15-16(19)11-12-17(18)20/h11-12,15H,3-10,13-14H2,1-2H3. The van der Waals surface area contributed by atoms with Crippen molar-refractivity contribution in [3.63, 3.8) is 0 Å². The molecule has 21 heavy (non-hydrogen) atoms. The molecule has 1 unspecified atom stereocenters. The number of hydrogen-bond donors (Lipinski definition) is 0. The first-order valence-electron chi connectivity index (χ1n) is 8.39. The molecule has 0 amide bonds. The van der Waals surface area contributed by atoms with E-state index in [0.717, 1.165) is 25.2 Å². The van der Waals surface area contributed by atoms with Crippen LogP contribution in [0.15, 0.2) is 18.2 Å². The van der Waals surface area contributed by atoms with E-state index in [1.807, 2.05) is 0 Å². The summed E-state index contributed by atoms with van der Waals surface area (Å²) in [5.74, 6) is -0.534. The van der Waals surface area contributed by atoms with E-state index < -0.39 is 7.92 Å². The molecule has 0 aliphatic heterocycles. The maximum atomic E-state index is 13.9. The van der Waals surface area contributed by atoms with Gasteiger partial charge >= 0.3 is 0 Å². The van der Waals surface area contributed by atoms with Crippen LogP contribution in [-0.2, 0) is 0 Å². The number of rotatable bonds is 11. The predicted molar refractivity (Wildman–Crippen MR) is 90.9 cm³/mol. The van der Waals surface area contributed by atoms with Crippen molar-refractivity contribution in [1.82, 2.24) is 0 Å². The van der Waals surface area contributed by atoms with E-state index in [0.29, 0.717) is 5.30 Å². The van der Waals surface area contributed by atoms with Crippen molar-refractivity contribution in [3.8, 4) is 0 Å². The van der Waals surface area contributed by atoms with Gasteiger partial charge in [-0.15, -0.1) is 0 Å². The van der Waals surface area contributed by atoms with E-state index in [9.17, 15) is 8.78 Å². The quantitative estimate of drug-likeness (QED) is 0.335. The summed E-state index contributed by atoms with van der Waals surface area (Å²) in [6, 6.07) is 3.91. The minimum Gasteiger partial charge on any atom is -0.207 e. The van der Waals surface area contributed by atoms with Gasteiger partial charge in [0.1, 0.15) is 11.6 Å². The fourth-order valence-corrected chi connectivity index (χ4v) is 5.14. The molecule has 1 aromatic rings. The second-order valence-corrected chi connectivity index (χ2v) is 8.16. The SMILES string of the molecule is CCCCCCCCCP(CCC)c1cc(F)ccc1F. The van der Waals surface area contributed by atoms with Crippen LogP contribution in [0.3, 0.4) is 0 Å². The van der Waals surface area contributed by atoms with Crippen molar-refractivity contribution in [3.05, 3.63) is 29.8 Å². The van der Waals surface area contributed by atoms with E-state index >= 15 is 0 Å². The third kappa shape index (κ3) is 7.36. The number of benzene rings is 1. The highest BCUT2D eigenvalue weighted by Gasteiger charge is 2.15. The van der Waals surface area contributed by atoms with Crippen molar-refractivity contribution in [2.45, 2.75) is 65.2 Å². The Hall–Kier alpha value is -0.490. The Labute approximate surface area is 130 Å². The van der Waals surface area contributed by atoms with Gasteiger partial charge < -0.3 is 0 Å². The van der Waals surface area contributed by atoms with Crippen molar-refractivity contribution in [1.29, 1.82) is 0 Å². The molecule has 0 radical (unpaired) electrons. The lowest BCUT2D eigenvalue weighted by Gasteiger charge is -2.18. The van der Waals surface area contributed by atoms with Gasteiger partial charge in [0.25, 0.3) is 0 Å². The van der Waals surface area contributed by atoms with E-state index in [2.05, 4.69) is 13.8 Å². The van der Waals surface area contributed by atoms with Crippen LogP contribution in [0, 0.1) is 11.6 Å². The zero-order valence-electron chi connectivity index (χ0n) is 13.5. The predicted octanol–water partition coefficient (Wildman–Crippen LogP) is 6.23. The topological polar surface area (TPSA) is 0 Å². The molecule has 120 valence electrons. The Kier molecular flexibility index (Phi) is 9.83. The van der Waals surface area contributed by atoms with Gasteiger partial charge in [0.2, 0.25) is 0 Å². The highest BCUT2D eigenvalue weighted by Crippen LogP contribution is 2.37. The summed E-state index contributed by atoms with van der Waals surface area (Å²) in [5, 5.41) is 0.637. The summed E-state index contributed by atoms with van der Waals surface area (Å²) >= 11 is 0. The monoisotopic (exact) mass is 314 g/mol. The van der Waals surface area contributed by atoms with Gasteiger partial charge in [0.15, 0.2) is 0 Å². The molecule has 0 aromatic heterocycles. The molecule has 0 nitrogen and oxygen atoms in total.